The molecule has 0 aliphatic carbocycles. The van der Waals surface area contributed by atoms with Gasteiger partial charge in [-0.15, -0.1) is 11.3 Å². The maximum absolute atomic E-state index is 4.42. The first-order chi connectivity index (χ1) is 8.52. The molecule has 0 atom stereocenters. The molecule has 5 heteroatoms. The number of nitrogens with one attached hydrogen (secondary N) is 2. The van der Waals surface area contributed by atoms with E-state index in [9.17, 15) is 0 Å². The van der Waals surface area contributed by atoms with E-state index in [2.05, 4.69) is 41.4 Å². The topological polar surface area (TPSA) is 49.3 Å². The van der Waals surface area contributed by atoms with Crippen LogP contribution in [0.5, 0.6) is 0 Å². The molecular formula is C13H24N4S. The van der Waals surface area contributed by atoms with Crippen LogP contribution in [0.25, 0.3) is 0 Å². The standard InChI is InChI=1S/C13H24N4S/c1-9(2)6-7-15-13(14-5)16-8-12-10(3)17-11(4)18-12/h9H,6-8H2,1-5H3,(H2,14,15,16). The molecule has 2 N–H and O–H groups in total. The molecule has 0 aromatic carbocycles. The maximum Gasteiger partial charge on any atom is 0.191 e. The average Bonchev–Trinajstić information content (AvgIpc) is 2.61. The number of guanidine groups is 1. The highest BCUT2D eigenvalue weighted by Crippen LogP contribution is 2.16. The fourth-order valence-electron chi connectivity index (χ4n) is 1.60. The molecule has 0 aliphatic rings. The highest BCUT2D eigenvalue weighted by atomic mass is 32.1. The van der Waals surface area contributed by atoms with E-state index < -0.39 is 0 Å². The number of hydrogen-bond donors (Lipinski definition) is 2. The predicted octanol–water partition coefficient (Wildman–Crippen LogP) is 2.47. The highest BCUT2D eigenvalue weighted by Gasteiger charge is 2.05. The summed E-state index contributed by atoms with van der Waals surface area (Å²) in [5, 5.41) is 7.76. The van der Waals surface area contributed by atoms with Gasteiger partial charge in [-0.25, -0.2) is 4.98 Å². The Hall–Kier alpha value is -1.10. The van der Waals surface area contributed by atoms with Crippen molar-refractivity contribution in [1.82, 2.24) is 15.6 Å². The molecule has 0 spiro atoms. The first-order valence-electron chi connectivity index (χ1n) is 6.40. The molecule has 18 heavy (non-hydrogen) atoms. The average molecular weight is 268 g/mol. The summed E-state index contributed by atoms with van der Waals surface area (Å²) in [5.74, 6) is 1.57. The third-order valence-corrected chi connectivity index (χ3v) is 3.73. The van der Waals surface area contributed by atoms with Gasteiger partial charge in [-0.2, -0.15) is 0 Å². The summed E-state index contributed by atoms with van der Waals surface area (Å²) in [6.07, 6.45) is 1.15. The van der Waals surface area contributed by atoms with Crippen molar-refractivity contribution >= 4 is 17.3 Å². The number of hydrogen-bond acceptors (Lipinski definition) is 3. The van der Waals surface area contributed by atoms with E-state index in [1.165, 1.54) is 4.88 Å². The fraction of sp³-hybridized carbons (Fsp3) is 0.692. The smallest absolute Gasteiger partial charge is 0.191 e. The van der Waals surface area contributed by atoms with Gasteiger partial charge in [0.15, 0.2) is 5.96 Å². The van der Waals surface area contributed by atoms with Crippen molar-refractivity contribution in [3.8, 4) is 0 Å². The SMILES string of the molecule is CN=C(NCCC(C)C)NCc1sc(C)nc1C. The Balaban J connectivity index is 2.38. The van der Waals surface area contributed by atoms with Gasteiger partial charge in [-0.1, -0.05) is 13.8 Å². The molecule has 1 rings (SSSR count). The zero-order valence-corrected chi connectivity index (χ0v) is 12.8. The highest BCUT2D eigenvalue weighted by molar-refractivity contribution is 7.11. The molecule has 1 heterocycles. The zero-order valence-electron chi connectivity index (χ0n) is 12.0. The number of nitrogens with zero attached hydrogens (tertiary/aromatic N) is 2. The van der Waals surface area contributed by atoms with Gasteiger partial charge in [0.25, 0.3) is 0 Å². The van der Waals surface area contributed by atoms with Crippen molar-refractivity contribution in [2.24, 2.45) is 10.9 Å². The lowest BCUT2D eigenvalue weighted by Gasteiger charge is -2.12. The minimum absolute atomic E-state index is 0.710. The number of thiazole rings is 1. The summed E-state index contributed by atoms with van der Waals surface area (Å²) < 4.78 is 0. The third-order valence-electron chi connectivity index (χ3n) is 2.65. The van der Waals surface area contributed by atoms with E-state index >= 15 is 0 Å². The minimum atomic E-state index is 0.710. The Morgan fingerprint density at radius 3 is 2.56 bits per heavy atom. The first kappa shape index (κ1) is 15.0. The quantitative estimate of drug-likeness (QED) is 0.637. The summed E-state index contributed by atoms with van der Waals surface area (Å²) in [5.41, 5.74) is 1.11. The normalized spacial score (nSPS) is 12.0. The van der Waals surface area contributed by atoms with Gasteiger partial charge >= 0.3 is 0 Å². The van der Waals surface area contributed by atoms with E-state index in [1.54, 1.807) is 18.4 Å². The minimum Gasteiger partial charge on any atom is -0.356 e. The van der Waals surface area contributed by atoms with E-state index in [4.69, 9.17) is 0 Å². The Morgan fingerprint density at radius 2 is 2.06 bits per heavy atom. The van der Waals surface area contributed by atoms with E-state index in [1.807, 2.05) is 6.92 Å². The summed E-state index contributed by atoms with van der Waals surface area (Å²) in [6, 6.07) is 0. The molecule has 0 amide bonds. The second-order valence-electron chi connectivity index (χ2n) is 4.78. The lowest BCUT2D eigenvalue weighted by Crippen LogP contribution is -2.37. The first-order valence-corrected chi connectivity index (χ1v) is 7.22. The van der Waals surface area contributed by atoms with Gasteiger partial charge < -0.3 is 10.6 Å². The lowest BCUT2D eigenvalue weighted by molar-refractivity contribution is 0.573. The molecule has 0 radical (unpaired) electrons. The Morgan fingerprint density at radius 1 is 1.33 bits per heavy atom. The summed E-state index contributed by atoms with van der Waals surface area (Å²) in [4.78, 5) is 9.91. The molecule has 0 saturated heterocycles. The van der Waals surface area contributed by atoms with Gasteiger partial charge in [-0.05, 0) is 26.2 Å². The molecule has 0 bridgehead atoms. The van der Waals surface area contributed by atoms with Crippen LogP contribution >= 0.6 is 11.3 Å². The van der Waals surface area contributed by atoms with Gasteiger partial charge in [0.05, 0.1) is 17.2 Å². The van der Waals surface area contributed by atoms with Crippen LogP contribution in [0.1, 0.15) is 35.8 Å². The van der Waals surface area contributed by atoms with Crippen LogP contribution in [0.15, 0.2) is 4.99 Å². The second-order valence-corrected chi connectivity index (χ2v) is 6.06. The number of aryl methyl sites for hydroxylation is 2. The van der Waals surface area contributed by atoms with E-state index in [-0.39, 0.29) is 0 Å². The number of rotatable bonds is 5. The lowest BCUT2D eigenvalue weighted by atomic mass is 10.1. The Kier molecular flexibility index (Phi) is 6.12. The largest absolute Gasteiger partial charge is 0.356 e. The monoisotopic (exact) mass is 268 g/mol. The van der Waals surface area contributed by atoms with Crippen LogP contribution < -0.4 is 10.6 Å². The van der Waals surface area contributed by atoms with Crippen LogP contribution in [0, 0.1) is 19.8 Å². The Bertz CT molecular complexity index is 396. The molecule has 1 aromatic rings. The molecule has 4 nitrogen and oxygen atoms in total. The van der Waals surface area contributed by atoms with Crippen molar-refractivity contribution < 1.29 is 0 Å². The van der Waals surface area contributed by atoms with Gasteiger partial charge in [0.1, 0.15) is 0 Å². The molecule has 0 unspecified atom stereocenters. The summed E-state index contributed by atoms with van der Waals surface area (Å²) in [7, 11) is 1.80. The fourth-order valence-corrected chi connectivity index (χ4v) is 2.48. The molecular weight excluding hydrogens is 244 g/mol. The zero-order chi connectivity index (χ0) is 13.5. The number of aliphatic imine (C=N–C) groups is 1. The predicted molar refractivity (Wildman–Crippen MR) is 79.2 cm³/mol. The van der Waals surface area contributed by atoms with E-state index in [0.717, 1.165) is 36.2 Å². The van der Waals surface area contributed by atoms with Gasteiger partial charge in [0, 0.05) is 18.5 Å². The van der Waals surface area contributed by atoms with Crippen LogP contribution in [-0.4, -0.2) is 24.5 Å². The molecule has 0 saturated carbocycles. The van der Waals surface area contributed by atoms with Crippen molar-refractivity contribution in [2.75, 3.05) is 13.6 Å². The van der Waals surface area contributed by atoms with Crippen LogP contribution in [0.4, 0.5) is 0 Å². The molecule has 102 valence electrons. The Labute approximate surface area is 114 Å². The van der Waals surface area contributed by atoms with Crippen molar-refractivity contribution in [3.05, 3.63) is 15.6 Å². The van der Waals surface area contributed by atoms with Crippen molar-refractivity contribution in [3.63, 3.8) is 0 Å². The molecule has 1 aromatic heterocycles. The van der Waals surface area contributed by atoms with Crippen LogP contribution in [0.2, 0.25) is 0 Å². The van der Waals surface area contributed by atoms with E-state index in [0.29, 0.717) is 5.92 Å². The third kappa shape index (κ3) is 5.04. The molecule has 0 fully saturated rings. The maximum atomic E-state index is 4.42. The summed E-state index contributed by atoms with van der Waals surface area (Å²) >= 11 is 1.74. The number of aromatic nitrogens is 1. The molecule has 0 aliphatic heterocycles. The summed E-state index contributed by atoms with van der Waals surface area (Å²) in [6.45, 7) is 10.3. The van der Waals surface area contributed by atoms with Crippen molar-refractivity contribution in [2.45, 2.75) is 40.7 Å². The second kappa shape index (κ2) is 7.36. The van der Waals surface area contributed by atoms with Gasteiger partial charge in [-0.3, -0.25) is 4.99 Å². The van der Waals surface area contributed by atoms with Gasteiger partial charge in [0.2, 0.25) is 0 Å². The van der Waals surface area contributed by atoms with Crippen LogP contribution in [0.3, 0.4) is 0 Å². The van der Waals surface area contributed by atoms with Crippen molar-refractivity contribution in [1.29, 1.82) is 0 Å². The van der Waals surface area contributed by atoms with Crippen LogP contribution in [-0.2, 0) is 6.54 Å².